The zero-order chi connectivity index (χ0) is 16.4. The molecule has 22 heavy (non-hydrogen) atoms. The maximum absolute atomic E-state index is 12.4. The number of hydrogen-bond donors (Lipinski definition) is 0. The van der Waals surface area contributed by atoms with E-state index >= 15 is 0 Å². The van der Waals surface area contributed by atoms with Crippen LogP contribution >= 0.6 is 0 Å². The Bertz CT molecular complexity index is 700. The smallest absolute Gasteiger partial charge is 0.437 e. The molecule has 0 radical (unpaired) electrons. The first-order valence-corrected chi connectivity index (χ1v) is 7.24. The molecule has 0 aromatic carbocycles. The van der Waals surface area contributed by atoms with Gasteiger partial charge in [-0.3, -0.25) is 4.79 Å². The van der Waals surface area contributed by atoms with E-state index in [9.17, 15) is 9.59 Å². The van der Waals surface area contributed by atoms with Crippen molar-refractivity contribution in [3.63, 3.8) is 0 Å². The summed E-state index contributed by atoms with van der Waals surface area (Å²) in [7, 11) is 0. The standard InChI is InChI=1S/C15H21N3O4/c1-9(2)18(10(3)4)13(19)8-17-15(20)22-14(16-17)12-6-7-21-11(12)5/h6-7,9-10H,8H2,1-5H3. The van der Waals surface area contributed by atoms with Gasteiger partial charge in [0.2, 0.25) is 5.91 Å². The Morgan fingerprint density at radius 3 is 2.45 bits per heavy atom. The van der Waals surface area contributed by atoms with Crippen molar-refractivity contribution < 1.29 is 13.6 Å². The minimum Gasteiger partial charge on any atom is -0.469 e. The van der Waals surface area contributed by atoms with Crippen LogP contribution in [0.15, 0.2) is 26.0 Å². The van der Waals surface area contributed by atoms with Crippen LogP contribution in [0.1, 0.15) is 33.5 Å². The SMILES string of the molecule is Cc1occc1-c1nn(CC(=O)N(C(C)C)C(C)C)c(=O)o1. The number of hydrogen-bond acceptors (Lipinski definition) is 5. The van der Waals surface area contributed by atoms with Crippen LogP contribution in [0.5, 0.6) is 0 Å². The summed E-state index contributed by atoms with van der Waals surface area (Å²) in [6.07, 6.45) is 1.49. The van der Waals surface area contributed by atoms with E-state index in [0.29, 0.717) is 11.3 Å². The highest BCUT2D eigenvalue weighted by molar-refractivity contribution is 5.76. The van der Waals surface area contributed by atoms with E-state index in [1.54, 1.807) is 17.9 Å². The Hall–Kier alpha value is -2.31. The van der Waals surface area contributed by atoms with Crippen LogP contribution in [-0.4, -0.2) is 32.7 Å². The van der Waals surface area contributed by atoms with E-state index in [2.05, 4.69) is 5.10 Å². The lowest BCUT2D eigenvalue weighted by Gasteiger charge is -2.30. The summed E-state index contributed by atoms with van der Waals surface area (Å²) in [5.41, 5.74) is 0.605. The average Bonchev–Trinajstić information content (AvgIpc) is 2.95. The third kappa shape index (κ3) is 3.13. The summed E-state index contributed by atoms with van der Waals surface area (Å²) in [6.45, 7) is 9.34. The van der Waals surface area contributed by atoms with Crippen molar-refractivity contribution in [2.75, 3.05) is 0 Å². The molecule has 2 aromatic rings. The molecule has 0 fully saturated rings. The Balaban J connectivity index is 2.24. The van der Waals surface area contributed by atoms with Crippen molar-refractivity contribution in [3.8, 4) is 11.5 Å². The minimum atomic E-state index is -0.656. The molecule has 120 valence electrons. The van der Waals surface area contributed by atoms with Crippen LogP contribution in [0.25, 0.3) is 11.5 Å². The van der Waals surface area contributed by atoms with Gasteiger partial charge in [-0.25, -0.2) is 4.79 Å². The molecule has 0 saturated heterocycles. The molecule has 0 aliphatic carbocycles. The largest absolute Gasteiger partial charge is 0.469 e. The van der Waals surface area contributed by atoms with Gasteiger partial charge >= 0.3 is 5.76 Å². The highest BCUT2D eigenvalue weighted by atomic mass is 16.4. The summed E-state index contributed by atoms with van der Waals surface area (Å²) in [5, 5.41) is 4.08. The van der Waals surface area contributed by atoms with Crippen LogP contribution in [0.4, 0.5) is 0 Å². The second-order valence-electron chi connectivity index (χ2n) is 5.71. The molecule has 7 heteroatoms. The second-order valence-corrected chi connectivity index (χ2v) is 5.71. The minimum absolute atomic E-state index is 0.0469. The van der Waals surface area contributed by atoms with E-state index in [-0.39, 0.29) is 30.4 Å². The van der Waals surface area contributed by atoms with Crippen LogP contribution in [0.2, 0.25) is 0 Å². The lowest BCUT2D eigenvalue weighted by molar-refractivity contribution is -0.135. The van der Waals surface area contributed by atoms with Gasteiger partial charge < -0.3 is 13.7 Å². The lowest BCUT2D eigenvalue weighted by atomic mass is 10.2. The van der Waals surface area contributed by atoms with Crippen molar-refractivity contribution in [2.24, 2.45) is 0 Å². The monoisotopic (exact) mass is 307 g/mol. The molecule has 0 aliphatic heterocycles. The van der Waals surface area contributed by atoms with Crippen molar-refractivity contribution in [3.05, 3.63) is 28.6 Å². The first kappa shape index (κ1) is 16.1. The number of aromatic nitrogens is 2. The summed E-state index contributed by atoms with van der Waals surface area (Å²) < 4.78 is 11.3. The molecule has 2 aromatic heterocycles. The summed E-state index contributed by atoms with van der Waals surface area (Å²) in [6, 6.07) is 1.76. The fraction of sp³-hybridized carbons (Fsp3) is 0.533. The Morgan fingerprint density at radius 2 is 1.95 bits per heavy atom. The van der Waals surface area contributed by atoms with Gasteiger partial charge in [0.1, 0.15) is 12.3 Å². The first-order valence-electron chi connectivity index (χ1n) is 7.24. The van der Waals surface area contributed by atoms with E-state index < -0.39 is 5.76 Å². The molecular weight excluding hydrogens is 286 g/mol. The summed E-state index contributed by atoms with van der Waals surface area (Å²) in [4.78, 5) is 26.0. The van der Waals surface area contributed by atoms with E-state index in [4.69, 9.17) is 8.83 Å². The zero-order valence-corrected chi connectivity index (χ0v) is 13.5. The highest BCUT2D eigenvalue weighted by Crippen LogP contribution is 2.20. The zero-order valence-electron chi connectivity index (χ0n) is 13.5. The van der Waals surface area contributed by atoms with Crippen molar-refractivity contribution in [2.45, 2.75) is 53.2 Å². The normalized spacial score (nSPS) is 11.4. The molecule has 0 N–H and O–H groups in total. The molecule has 2 heterocycles. The molecule has 0 aliphatic rings. The number of carbonyl (C=O) groups is 1. The summed E-state index contributed by atoms with van der Waals surface area (Å²) in [5.74, 6) is -0.0670. The van der Waals surface area contributed by atoms with Crippen LogP contribution in [0.3, 0.4) is 0 Å². The number of aryl methyl sites for hydroxylation is 1. The maximum Gasteiger partial charge on any atom is 0.437 e. The average molecular weight is 307 g/mol. The van der Waals surface area contributed by atoms with Crippen LogP contribution in [0, 0.1) is 6.92 Å². The van der Waals surface area contributed by atoms with E-state index in [1.807, 2.05) is 27.7 Å². The molecular formula is C15H21N3O4. The predicted molar refractivity (Wildman–Crippen MR) is 80.3 cm³/mol. The van der Waals surface area contributed by atoms with Gasteiger partial charge in [0.15, 0.2) is 0 Å². The number of nitrogens with zero attached hydrogens (tertiary/aromatic N) is 3. The number of amides is 1. The molecule has 2 rings (SSSR count). The van der Waals surface area contributed by atoms with Gasteiger partial charge in [0.25, 0.3) is 5.89 Å². The van der Waals surface area contributed by atoms with Gasteiger partial charge in [-0.2, -0.15) is 4.68 Å². The molecule has 0 saturated carbocycles. The Labute approximate surface area is 128 Å². The fourth-order valence-corrected chi connectivity index (χ4v) is 2.50. The molecule has 0 bridgehead atoms. The van der Waals surface area contributed by atoms with Crippen molar-refractivity contribution in [1.82, 2.24) is 14.7 Å². The van der Waals surface area contributed by atoms with Gasteiger partial charge in [-0.1, -0.05) is 0 Å². The number of carbonyl (C=O) groups excluding carboxylic acids is 1. The van der Waals surface area contributed by atoms with Gasteiger partial charge in [0.05, 0.1) is 11.8 Å². The topological polar surface area (TPSA) is 81.5 Å². The van der Waals surface area contributed by atoms with Crippen molar-refractivity contribution >= 4 is 5.91 Å². The third-order valence-corrected chi connectivity index (χ3v) is 3.38. The fourth-order valence-electron chi connectivity index (χ4n) is 2.50. The lowest BCUT2D eigenvalue weighted by Crippen LogP contribution is -2.44. The van der Waals surface area contributed by atoms with Gasteiger partial charge in [0, 0.05) is 12.1 Å². The predicted octanol–water partition coefficient (Wildman–Crippen LogP) is 2.05. The van der Waals surface area contributed by atoms with E-state index in [1.165, 1.54) is 6.26 Å². The third-order valence-electron chi connectivity index (χ3n) is 3.38. The Kier molecular flexibility index (Phi) is 4.54. The molecule has 7 nitrogen and oxygen atoms in total. The van der Waals surface area contributed by atoms with Gasteiger partial charge in [-0.05, 0) is 40.7 Å². The van der Waals surface area contributed by atoms with E-state index in [0.717, 1.165) is 4.68 Å². The van der Waals surface area contributed by atoms with Crippen LogP contribution < -0.4 is 5.76 Å². The van der Waals surface area contributed by atoms with Gasteiger partial charge in [-0.15, -0.1) is 5.10 Å². The maximum atomic E-state index is 12.4. The first-order chi connectivity index (χ1) is 10.3. The molecule has 1 amide bonds. The molecule has 0 unspecified atom stereocenters. The quantitative estimate of drug-likeness (QED) is 0.844. The Morgan fingerprint density at radius 1 is 1.32 bits per heavy atom. The number of rotatable bonds is 5. The van der Waals surface area contributed by atoms with Crippen molar-refractivity contribution in [1.29, 1.82) is 0 Å². The second kappa shape index (κ2) is 6.21. The highest BCUT2D eigenvalue weighted by Gasteiger charge is 2.23. The van der Waals surface area contributed by atoms with Crippen LogP contribution in [-0.2, 0) is 11.3 Å². The summed E-state index contributed by atoms with van der Waals surface area (Å²) >= 11 is 0. The number of furan rings is 1. The molecule has 0 atom stereocenters. The molecule has 0 spiro atoms.